The van der Waals surface area contributed by atoms with Gasteiger partial charge in [0.1, 0.15) is 22.0 Å². The van der Waals surface area contributed by atoms with Crippen LogP contribution in [0.2, 0.25) is 0 Å². The zero-order valence-electron chi connectivity index (χ0n) is 11.7. The van der Waals surface area contributed by atoms with Crippen LogP contribution in [0.15, 0.2) is 58.7 Å². The third-order valence-electron chi connectivity index (χ3n) is 2.81. The Balaban J connectivity index is 0.00000220. The summed E-state index contributed by atoms with van der Waals surface area (Å²) >= 11 is 0. The number of benzene rings is 1. The Morgan fingerprint density at radius 3 is 2.43 bits per heavy atom. The molecule has 0 saturated carbocycles. The summed E-state index contributed by atoms with van der Waals surface area (Å²) in [6, 6.07) is 9.06. The van der Waals surface area contributed by atoms with Crippen molar-refractivity contribution in [1.29, 1.82) is 0 Å². The molecule has 0 spiro atoms. The number of aliphatic hydroxyl groups is 1. The molecule has 106 valence electrons. The molecule has 1 aliphatic rings. The number of rotatable bonds is 3. The topological polar surface area (TPSA) is 86.7 Å². The Labute approximate surface area is 145 Å². The van der Waals surface area contributed by atoms with Crippen LogP contribution in [0.1, 0.15) is 5.56 Å². The molecule has 1 unspecified atom stereocenters. The van der Waals surface area contributed by atoms with E-state index in [1.54, 1.807) is 18.2 Å². The molecular formula is C14H13NaO5S. The summed E-state index contributed by atoms with van der Waals surface area (Å²) in [4.78, 5) is -0.479. The third kappa shape index (κ3) is 4.54. The second-order valence-corrected chi connectivity index (χ2v) is 5.55. The van der Waals surface area contributed by atoms with E-state index in [9.17, 15) is 18.1 Å². The van der Waals surface area contributed by atoms with Gasteiger partial charge in [0, 0.05) is 0 Å². The molecule has 1 N–H and O–H groups in total. The molecule has 21 heavy (non-hydrogen) atoms. The van der Waals surface area contributed by atoms with E-state index in [1.807, 2.05) is 18.2 Å². The summed E-state index contributed by atoms with van der Waals surface area (Å²) in [6.45, 7) is 0. The first-order valence-corrected chi connectivity index (χ1v) is 7.21. The van der Waals surface area contributed by atoms with Gasteiger partial charge in [-0.1, -0.05) is 30.3 Å². The molecule has 1 aliphatic carbocycles. The standard InChI is InChI=1S/C14H14O5S.Na/c1-19-13-9-12(15)11(8-14(13)20(16,17)18)7-10-5-3-2-4-6-10;/h2-9,12,15H,1H3,(H,16,17,18);/q;+1/p-1. The van der Waals surface area contributed by atoms with Gasteiger partial charge in [0.25, 0.3) is 0 Å². The van der Waals surface area contributed by atoms with E-state index in [-0.39, 0.29) is 35.3 Å². The molecule has 1 aromatic rings. The fourth-order valence-corrected chi connectivity index (χ4v) is 2.54. The Hall–Kier alpha value is -0.890. The minimum atomic E-state index is -4.67. The molecule has 0 heterocycles. The molecule has 0 bridgehead atoms. The van der Waals surface area contributed by atoms with Crippen molar-refractivity contribution in [2.75, 3.05) is 7.11 Å². The first-order valence-electron chi connectivity index (χ1n) is 5.80. The van der Waals surface area contributed by atoms with Gasteiger partial charge in [0.2, 0.25) is 0 Å². The molecule has 1 atom stereocenters. The predicted molar refractivity (Wildman–Crippen MR) is 73.3 cm³/mol. The summed E-state index contributed by atoms with van der Waals surface area (Å²) in [6.07, 6.45) is 2.91. The largest absolute Gasteiger partial charge is 1.00 e. The molecule has 2 rings (SSSR count). The molecule has 0 aliphatic heterocycles. The Morgan fingerprint density at radius 1 is 1.29 bits per heavy atom. The van der Waals surface area contributed by atoms with Crippen molar-refractivity contribution in [3.63, 3.8) is 0 Å². The van der Waals surface area contributed by atoms with E-state index < -0.39 is 21.1 Å². The van der Waals surface area contributed by atoms with Gasteiger partial charge < -0.3 is 14.4 Å². The van der Waals surface area contributed by atoms with Gasteiger partial charge in [-0.05, 0) is 29.4 Å². The van der Waals surface area contributed by atoms with Crippen LogP contribution < -0.4 is 29.6 Å². The van der Waals surface area contributed by atoms with E-state index >= 15 is 0 Å². The van der Waals surface area contributed by atoms with E-state index in [4.69, 9.17) is 4.74 Å². The second-order valence-electron chi connectivity index (χ2n) is 4.20. The normalized spacial score (nSPS) is 20.3. The fourth-order valence-electron chi connectivity index (χ4n) is 1.86. The smallest absolute Gasteiger partial charge is 0.744 e. The maximum atomic E-state index is 11.2. The van der Waals surface area contributed by atoms with Gasteiger partial charge in [-0.2, -0.15) is 0 Å². The van der Waals surface area contributed by atoms with Crippen LogP contribution in [-0.4, -0.2) is 31.3 Å². The number of hydrogen-bond acceptors (Lipinski definition) is 5. The Kier molecular flexibility index (Phi) is 6.40. The molecule has 0 fully saturated rings. The van der Waals surface area contributed by atoms with Crippen molar-refractivity contribution >= 4 is 16.2 Å². The average Bonchev–Trinajstić information content (AvgIpc) is 2.40. The van der Waals surface area contributed by atoms with Crippen molar-refractivity contribution in [2.24, 2.45) is 0 Å². The van der Waals surface area contributed by atoms with E-state index in [0.29, 0.717) is 5.57 Å². The number of hydrogen-bond donors (Lipinski definition) is 1. The predicted octanol–water partition coefficient (Wildman–Crippen LogP) is -1.59. The zero-order valence-corrected chi connectivity index (χ0v) is 14.5. The van der Waals surface area contributed by atoms with Crippen LogP contribution in [0.25, 0.3) is 6.08 Å². The van der Waals surface area contributed by atoms with Crippen molar-refractivity contribution < 1.29 is 52.4 Å². The summed E-state index contributed by atoms with van der Waals surface area (Å²) in [7, 11) is -3.43. The summed E-state index contributed by atoms with van der Waals surface area (Å²) < 4.78 is 38.4. The van der Waals surface area contributed by atoms with Crippen LogP contribution in [0.5, 0.6) is 0 Å². The fraction of sp³-hybridized carbons (Fsp3) is 0.143. The first kappa shape index (κ1) is 18.2. The minimum absolute atomic E-state index is 0. The van der Waals surface area contributed by atoms with Gasteiger partial charge in [-0.25, -0.2) is 8.42 Å². The van der Waals surface area contributed by atoms with Crippen LogP contribution in [0.3, 0.4) is 0 Å². The van der Waals surface area contributed by atoms with Gasteiger partial charge in [0.05, 0.1) is 12.0 Å². The third-order valence-corrected chi connectivity index (χ3v) is 3.67. The minimum Gasteiger partial charge on any atom is -0.744 e. The Morgan fingerprint density at radius 2 is 1.90 bits per heavy atom. The molecule has 1 aromatic carbocycles. The van der Waals surface area contributed by atoms with Crippen molar-refractivity contribution in [3.05, 3.63) is 64.3 Å². The average molecular weight is 316 g/mol. The molecule has 0 amide bonds. The number of ether oxygens (including phenoxy) is 1. The van der Waals surface area contributed by atoms with Gasteiger partial charge >= 0.3 is 29.6 Å². The maximum Gasteiger partial charge on any atom is 1.00 e. The van der Waals surface area contributed by atoms with Crippen LogP contribution in [-0.2, 0) is 14.9 Å². The van der Waals surface area contributed by atoms with Gasteiger partial charge in [-0.15, -0.1) is 0 Å². The van der Waals surface area contributed by atoms with Crippen LogP contribution in [0.4, 0.5) is 0 Å². The SMILES string of the molecule is COC1=CC(O)C(=Cc2ccccc2)C=C1S(=O)(=O)[O-].[Na+]. The van der Waals surface area contributed by atoms with Crippen molar-refractivity contribution in [2.45, 2.75) is 6.10 Å². The first-order chi connectivity index (χ1) is 9.41. The molecule has 0 saturated heterocycles. The Bertz CT molecular complexity index is 689. The number of methoxy groups -OCH3 is 1. The van der Waals surface area contributed by atoms with Gasteiger partial charge in [-0.3, -0.25) is 0 Å². The maximum absolute atomic E-state index is 11.2. The van der Waals surface area contributed by atoms with Crippen molar-refractivity contribution in [1.82, 2.24) is 0 Å². The number of aliphatic hydroxyl groups excluding tert-OH is 1. The van der Waals surface area contributed by atoms with Gasteiger partial charge in [0.15, 0.2) is 0 Å². The monoisotopic (exact) mass is 316 g/mol. The zero-order chi connectivity index (χ0) is 14.8. The van der Waals surface area contributed by atoms with E-state index in [2.05, 4.69) is 0 Å². The molecule has 5 nitrogen and oxygen atoms in total. The van der Waals surface area contributed by atoms with E-state index in [0.717, 1.165) is 11.6 Å². The summed E-state index contributed by atoms with van der Waals surface area (Å²) in [5, 5.41) is 9.95. The summed E-state index contributed by atoms with van der Waals surface area (Å²) in [5.74, 6) is -0.141. The van der Waals surface area contributed by atoms with Crippen LogP contribution >= 0.6 is 0 Å². The molecular weight excluding hydrogens is 303 g/mol. The summed E-state index contributed by atoms with van der Waals surface area (Å²) in [5.41, 5.74) is 1.10. The molecule has 0 radical (unpaired) electrons. The van der Waals surface area contributed by atoms with Crippen LogP contribution in [0, 0.1) is 0 Å². The van der Waals surface area contributed by atoms with Crippen molar-refractivity contribution in [3.8, 4) is 0 Å². The van der Waals surface area contributed by atoms with E-state index in [1.165, 1.54) is 13.2 Å². The molecule has 0 aromatic heterocycles. The molecule has 7 heteroatoms. The quantitative estimate of drug-likeness (QED) is 0.537. The second kappa shape index (κ2) is 7.40.